The average Bonchev–Trinajstić information content (AvgIpc) is 2.41. The molecule has 1 N–H and O–H groups in total. The molecule has 1 aliphatic rings. The predicted octanol–water partition coefficient (Wildman–Crippen LogP) is 2.09. The van der Waals surface area contributed by atoms with Gasteiger partial charge in [0.15, 0.2) is 6.29 Å². The van der Waals surface area contributed by atoms with Crippen LogP contribution in [0.4, 0.5) is 5.82 Å². The number of nitrogens with zero attached hydrogens (tertiary/aromatic N) is 3. The van der Waals surface area contributed by atoms with Gasteiger partial charge in [-0.15, -0.1) is 0 Å². The van der Waals surface area contributed by atoms with E-state index in [4.69, 9.17) is 11.6 Å². The van der Waals surface area contributed by atoms with Gasteiger partial charge in [0.05, 0.1) is 5.56 Å². The highest BCUT2D eigenvalue weighted by atomic mass is 35.5. The number of piperidine rings is 1. The normalized spacial score (nSPS) is 17.4. The maximum atomic E-state index is 10.9. The smallest absolute Gasteiger partial charge is 0.156 e. The van der Waals surface area contributed by atoms with Gasteiger partial charge in [0.2, 0.25) is 0 Å². The molecule has 0 bridgehead atoms. The van der Waals surface area contributed by atoms with Gasteiger partial charge in [0.25, 0.3) is 0 Å². The first-order valence-corrected chi connectivity index (χ1v) is 6.96. The summed E-state index contributed by atoms with van der Waals surface area (Å²) < 4.78 is 0. The quantitative estimate of drug-likeness (QED) is 0.662. The van der Waals surface area contributed by atoms with E-state index in [-0.39, 0.29) is 5.15 Å². The number of anilines is 1. The van der Waals surface area contributed by atoms with Crippen LogP contribution in [-0.4, -0.2) is 47.8 Å². The third-order valence-corrected chi connectivity index (χ3v) is 3.94. The maximum Gasteiger partial charge on any atom is 0.156 e. The summed E-state index contributed by atoms with van der Waals surface area (Å²) in [6, 6.07) is 0. The molecule has 0 atom stereocenters. The van der Waals surface area contributed by atoms with Crippen LogP contribution in [0.25, 0.3) is 0 Å². The van der Waals surface area contributed by atoms with Crippen molar-refractivity contribution in [2.75, 3.05) is 32.0 Å². The zero-order valence-electron chi connectivity index (χ0n) is 11.1. The molecule has 0 spiro atoms. The first-order chi connectivity index (χ1) is 9.20. The molecule has 19 heavy (non-hydrogen) atoms. The molecule has 1 aliphatic heterocycles. The second-order valence-electron chi connectivity index (χ2n) is 5.01. The lowest BCUT2D eigenvalue weighted by Crippen LogP contribution is -2.30. The van der Waals surface area contributed by atoms with Crippen molar-refractivity contribution < 1.29 is 4.79 Å². The molecule has 0 aliphatic carbocycles. The topological polar surface area (TPSA) is 58.1 Å². The molecule has 0 saturated carbocycles. The van der Waals surface area contributed by atoms with Crippen LogP contribution < -0.4 is 5.32 Å². The van der Waals surface area contributed by atoms with Crippen LogP contribution in [-0.2, 0) is 0 Å². The monoisotopic (exact) mass is 282 g/mol. The molecule has 0 amide bonds. The van der Waals surface area contributed by atoms with Crippen LogP contribution in [0.3, 0.4) is 0 Å². The van der Waals surface area contributed by atoms with Crippen molar-refractivity contribution in [2.24, 2.45) is 5.92 Å². The molecule has 0 radical (unpaired) electrons. The summed E-state index contributed by atoms with van der Waals surface area (Å²) in [6.45, 7) is 3.15. The lowest BCUT2D eigenvalue weighted by molar-refractivity contribution is 0.112. The Hall–Kier alpha value is -1.20. The third kappa shape index (κ3) is 3.88. The number of hydrogen-bond acceptors (Lipinski definition) is 5. The third-order valence-electron chi connectivity index (χ3n) is 3.64. The van der Waals surface area contributed by atoms with Gasteiger partial charge < -0.3 is 10.2 Å². The molecule has 0 unspecified atom stereocenters. The summed E-state index contributed by atoms with van der Waals surface area (Å²) in [7, 11) is 2.16. The van der Waals surface area contributed by atoms with Gasteiger partial charge in [0.1, 0.15) is 17.3 Å². The second kappa shape index (κ2) is 6.82. The largest absolute Gasteiger partial charge is 0.369 e. The van der Waals surface area contributed by atoms with E-state index >= 15 is 0 Å². The van der Waals surface area contributed by atoms with Crippen molar-refractivity contribution in [1.82, 2.24) is 14.9 Å². The van der Waals surface area contributed by atoms with Crippen molar-refractivity contribution >= 4 is 23.7 Å². The summed E-state index contributed by atoms with van der Waals surface area (Å²) >= 11 is 5.85. The predicted molar refractivity (Wildman–Crippen MR) is 75.8 cm³/mol. The minimum absolute atomic E-state index is 0.201. The fourth-order valence-electron chi connectivity index (χ4n) is 2.36. The number of aldehydes is 1. The van der Waals surface area contributed by atoms with E-state index in [2.05, 4.69) is 27.2 Å². The van der Waals surface area contributed by atoms with Crippen LogP contribution in [0.5, 0.6) is 0 Å². The Morgan fingerprint density at radius 1 is 1.47 bits per heavy atom. The Morgan fingerprint density at radius 3 is 2.89 bits per heavy atom. The van der Waals surface area contributed by atoms with Crippen LogP contribution in [0.1, 0.15) is 29.6 Å². The van der Waals surface area contributed by atoms with Crippen molar-refractivity contribution in [3.63, 3.8) is 0 Å². The molecule has 1 saturated heterocycles. The van der Waals surface area contributed by atoms with Crippen LogP contribution in [0.15, 0.2) is 6.33 Å². The molecule has 2 rings (SSSR count). The fraction of sp³-hybridized carbons (Fsp3) is 0.615. The summed E-state index contributed by atoms with van der Waals surface area (Å²) in [5.74, 6) is 1.28. The number of likely N-dealkylation sites (tertiary alicyclic amines) is 1. The van der Waals surface area contributed by atoms with E-state index < -0.39 is 0 Å². The molecule has 6 heteroatoms. The average molecular weight is 283 g/mol. The number of nitrogens with one attached hydrogen (secondary N) is 1. The van der Waals surface area contributed by atoms with Crippen LogP contribution >= 0.6 is 11.6 Å². The number of halogens is 1. The summed E-state index contributed by atoms with van der Waals surface area (Å²) in [4.78, 5) is 21.2. The Balaban J connectivity index is 1.83. The molecular weight excluding hydrogens is 264 g/mol. The van der Waals surface area contributed by atoms with E-state index in [0.29, 0.717) is 17.7 Å². The minimum Gasteiger partial charge on any atom is -0.369 e. The first-order valence-electron chi connectivity index (χ1n) is 6.58. The van der Waals surface area contributed by atoms with Gasteiger partial charge >= 0.3 is 0 Å². The Bertz CT molecular complexity index is 433. The number of rotatable bonds is 5. The number of aromatic nitrogens is 2. The maximum absolute atomic E-state index is 10.9. The minimum atomic E-state index is 0.201. The van der Waals surface area contributed by atoms with Crippen molar-refractivity contribution in [2.45, 2.75) is 19.3 Å². The highest BCUT2D eigenvalue weighted by Crippen LogP contribution is 2.21. The number of carbonyl (C=O) groups is 1. The van der Waals surface area contributed by atoms with E-state index in [1.54, 1.807) is 0 Å². The first kappa shape index (κ1) is 14.2. The van der Waals surface area contributed by atoms with E-state index in [1.165, 1.54) is 32.3 Å². The zero-order valence-corrected chi connectivity index (χ0v) is 11.9. The lowest BCUT2D eigenvalue weighted by atomic mass is 9.94. The molecule has 104 valence electrons. The summed E-state index contributed by atoms with van der Waals surface area (Å²) in [6.07, 6.45) is 5.63. The number of carbonyl (C=O) groups excluding carboxylic acids is 1. The lowest BCUT2D eigenvalue weighted by Gasteiger charge is -2.28. The van der Waals surface area contributed by atoms with E-state index in [1.807, 2.05) is 0 Å². The van der Waals surface area contributed by atoms with Gasteiger partial charge in [-0.1, -0.05) is 11.6 Å². The SMILES string of the molecule is CN1CCC(CCNc2ncnc(Cl)c2C=O)CC1. The molecule has 1 fully saturated rings. The van der Waals surface area contributed by atoms with Crippen molar-refractivity contribution in [3.8, 4) is 0 Å². The highest BCUT2D eigenvalue weighted by Gasteiger charge is 2.16. The van der Waals surface area contributed by atoms with E-state index in [9.17, 15) is 4.79 Å². The van der Waals surface area contributed by atoms with Gasteiger partial charge in [-0.05, 0) is 45.3 Å². The summed E-state index contributed by atoms with van der Waals surface area (Å²) in [5, 5.41) is 3.38. The highest BCUT2D eigenvalue weighted by molar-refractivity contribution is 6.32. The van der Waals surface area contributed by atoms with Crippen molar-refractivity contribution in [3.05, 3.63) is 17.0 Å². The van der Waals surface area contributed by atoms with Gasteiger partial charge in [-0.2, -0.15) is 0 Å². The molecule has 0 aromatic carbocycles. The standard InChI is InChI=1S/C13H19ClN4O/c1-18-6-3-10(4-7-18)2-5-15-13-11(8-19)12(14)16-9-17-13/h8-10H,2-7H2,1H3,(H,15,16,17). The molecule has 1 aromatic rings. The van der Waals surface area contributed by atoms with Crippen molar-refractivity contribution in [1.29, 1.82) is 0 Å². The van der Waals surface area contributed by atoms with Crippen LogP contribution in [0, 0.1) is 5.92 Å². The Kier molecular flexibility index (Phi) is 5.10. The van der Waals surface area contributed by atoms with Gasteiger partial charge in [-0.25, -0.2) is 9.97 Å². The molecule has 5 nitrogen and oxygen atoms in total. The molecule has 1 aromatic heterocycles. The van der Waals surface area contributed by atoms with E-state index in [0.717, 1.165) is 18.9 Å². The Labute approximate surface area is 118 Å². The summed E-state index contributed by atoms with van der Waals surface area (Å²) in [5.41, 5.74) is 0.340. The molecule has 2 heterocycles. The fourth-order valence-corrected chi connectivity index (χ4v) is 2.54. The Morgan fingerprint density at radius 2 is 2.21 bits per heavy atom. The van der Waals surface area contributed by atoms with Crippen LogP contribution in [0.2, 0.25) is 5.15 Å². The molecular formula is C13H19ClN4O. The van der Waals surface area contributed by atoms with Gasteiger partial charge in [-0.3, -0.25) is 4.79 Å². The number of hydrogen-bond donors (Lipinski definition) is 1. The zero-order chi connectivity index (χ0) is 13.7. The van der Waals surface area contributed by atoms with Gasteiger partial charge in [0, 0.05) is 6.54 Å². The second-order valence-corrected chi connectivity index (χ2v) is 5.36.